The molecule has 4 rings (SSSR count). The highest BCUT2D eigenvalue weighted by Crippen LogP contribution is 2.35. The Kier molecular flexibility index (Phi) is 7.09. The minimum Gasteiger partial charge on any atom is -0.350 e. The molecule has 0 bridgehead atoms. The van der Waals surface area contributed by atoms with Crippen molar-refractivity contribution >= 4 is 35.5 Å². The summed E-state index contributed by atoms with van der Waals surface area (Å²) in [5.74, 6) is 0.866. The summed E-state index contributed by atoms with van der Waals surface area (Å²) in [6.07, 6.45) is 9.40. The average molecular weight is 457 g/mol. The van der Waals surface area contributed by atoms with Crippen molar-refractivity contribution < 1.29 is 4.79 Å². The number of hydrazone groups is 1. The fraction of sp³-hybridized carbons (Fsp3) is 0.364. The van der Waals surface area contributed by atoms with Crippen molar-refractivity contribution in [2.24, 2.45) is 12.1 Å². The second kappa shape index (κ2) is 10.2. The van der Waals surface area contributed by atoms with Gasteiger partial charge in [-0.2, -0.15) is 5.10 Å². The zero-order chi connectivity index (χ0) is 21.6. The van der Waals surface area contributed by atoms with Crippen LogP contribution >= 0.6 is 23.4 Å². The van der Waals surface area contributed by atoms with Crippen LogP contribution in [0.4, 0.5) is 0 Å². The Morgan fingerprint density at radius 3 is 2.71 bits per heavy atom. The number of halogens is 1. The van der Waals surface area contributed by atoms with Crippen LogP contribution in [0, 0.1) is 0 Å². The Morgan fingerprint density at radius 1 is 1.23 bits per heavy atom. The number of aromatic nitrogens is 4. The summed E-state index contributed by atoms with van der Waals surface area (Å²) in [4.78, 5) is 12.3. The van der Waals surface area contributed by atoms with Gasteiger partial charge in [0, 0.05) is 29.9 Å². The Balaban J connectivity index is 1.47. The van der Waals surface area contributed by atoms with E-state index in [-0.39, 0.29) is 11.7 Å². The molecule has 0 saturated heterocycles. The molecule has 1 aliphatic rings. The summed E-state index contributed by atoms with van der Waals surface area (Å²) in [6, 6.07) is 11.8. The Labute approximate surface area is 190 Å². The molecule has 3 aromatic rings. The zero-order valence-electron chi connectivity index (χ0n) is 17.4. The fourth-order valence-electron chi connectivity index (χ4n) is 3.78. The Morgan fingerprint density at radius 2 is 2.00 bits per heavy atom. The van der Waals surface area contributed by atoms with Crippen molar-refractivity contribution in [1.29, 1.82) is 0 Å². The molecule has 1 aliphatic carbocycles. The lowest BCUT2D eigenvalue weighted by molar-refractivity contribution is -0.118. The highest BCUT2D eigenvalue weighted by atomic mass is 35.5. The third-order valence-corrected chi connectivity index (χ3v) is 6.60. The fourth-order valence-corrected chi connectivity index (χ4v) is 4.70. The molecule has 0 unspecified atom stereocenters. The molecule has 0 radical (unpaired) electrons. The van der Waals surface area contributed by atoms with Crippen molar-refractivity contribution in [2.45, 2.75) is 43.3 Å². The average Bonchev–Trinajstić information content (AvgIpc) is 3.39. The number of rotatable bonds is 7. The molecule has 0 aliphatic heterocycles. The molecule has 9 heteroatoms. The third-order valence-electron chi connectivity index (χ3n) is 5.41. The van der Waals surface area contributed by atoms with Gasteiger partial charge in [-0.05, 0) is 49.2 Å². The van der Waals surface area contributed by atoms with Gasteiger partial charge in [-0.3, -0.25) is 9.36 Å². The summed E-state index contributed by atoms with van der Waals surface area (Å²) in [7, 11) is 1.93. The van der Waals surface area contributed by atoms with Crippen LogP contribution in [-0.4, -0.2) is 37.2 Å². The predicted octanol–water partition coefficient (Wildman–Crippen LogP) is 4.68. The van der Waals surface area contributed by atoms with Crippen LogP contribution in [0.5, 0.6) is 0 Å². The van der Waals surface area contributed by atoms with Crippen LogP contribution in [-0.2, 0) is 11.8 Å². The lowest BCUT2D eigenvalue weighted by Crippen LogP contribution is -2.21. The zero-order valence-corrected chi connectivity index (χ0v) is 18.9. The molecule has 162 valence electrons. The summed E-state index contributed by atoms with van der Waals surface area (Å²) in [5.41, 5.74) is 4.48. The normalized spacial score (nSPS) is 14.9. The van der Waals surface area contributed by atoms with Gasteiger partial charge in [-0.1, -0.05) is 42.6 Å². The Bertz CT molecular complexity index is 1050. The molecule has 0 atom stereocenters. The first-order valence-electron chi connectivity index (χ1n) is 10.4. The van der Waals surface area contributed by atoms with Crippen LogP contribution in [0.3, 0.4) is 0 Å². The first-order valence-corrected chi connectivity index (χ1v) is 11.7. The van der Waals surface area contributed by atoms with E-state index in [1.165, 1.54) is 31.0 Å². The van der Waals surface area contributed by atoms with Crippen LogP contribution in [0.2, 0.25) is 5.02 Å². The van der Waals surface area contributed by atoms with Crippen molar-refractivity contribution in [2.75, 3.05) is 5.75 Å². The quantitative estimate of drug-likeness (QED) is 0.318. The van der Waals surface area contributed by atoms with E-state index in [0.717, 1.165) is 35.1 Å². The van der Waals surface area contributed by atoms with E-state index in [1.807, 2.05) is 54.2 Å². The molecular formula is C22H25ClN6OS. The molecular weight excluding hydrogens is 432 g/mol. The minimum atomic E-state index is -0.179. The minimum absolute atomic E-state index is 0.179. The maximum absolute atomic E-state index is 12.3. The number of hydrogen-bond acceptors (Lipinski definition) is 5. The number of nitrogens with zero attached hydrogens (tertiary/aromatic N) is 5. The number of carbonyl (C=O) groups is 1. The van der Waals surface area contributed by atoms with Gasteiger partial charge in [0.25, 0.3) is 5.91 Å². The molecule has 1 aromatic carbocycles. The highest BCUT2D eigenvalue weighted by molar-refractivity contribution is 7.99. The van der Waals surface area contributed by atoms with E-state index >= 15 is 0 Å². The summed E-state index contributed by atoms with van der Waals surface area (Å²) >= 11 is 7.45. The van der Waals surface area contributed by atoms with E-state index in [1.54, 1.807) is 6.21 Å². The lowest BCUT2D eigenvalue weighted by Gasteiger charge is -2.25. The van der Waals surface area contributed by atoms with E-state index in [0.29, 0.717) is 11.1 Å². The Hall–Kier alpha value is -2.58. The first kappa shape index (κ1) is 21.6. The molecule has 2 heterocycles. The maximum Gasteiger partial charge on any atom is 0.250 e. The number of benzene rings is 1. The lowest BCUT2D eigenvalue weighted by atomic mass is 9.95. The van der Waals surface area contributed by atoms with E-state index in [4.69, 9.17) is 11.6 Å². The molecule has 2 aromatic heterocycles. The van der Waals surface area contributed by atoms with Gasteiger partial charge in [0.2, 0.25) is 0 Å². The molecule has 1 fully saturated rings. The van der Waals surface area contributed by atoms with Crippen molar-refractivity contribution in [3.8, 4) is 11.4 Å². The SMILES string of the molecule is Cn1cccc1/C=N\NC(=O)CSc1nnc(-c2ccc(Cl)cc2)n1C1CCCCC1. The van der Waals surface area contributed by atoms with E-state index in [9.17, 15) is 4.79 Å². The van der Waals surface area contributed by atoms with E-state index in [2.05, 4.69) is 25.3 Å². The van der Waals surface area contributed by atoms with Crippen LogP contribution in [0.15, 0.2) is 52.9 Å². The monoisotopic (exact) mass is 456 g/mol. The van der Waals surface area contributed by atoms with Gasteiger partial charge < -0.3 is 4.57 Å². The number of carbonyl (C=O) groups excluding carboxylic acids is 1. The van der Waals surface area contributed by atoms with Crippen molar-refractivity contribution in [3.63, 3.8) is 0 Å². The molecule has 1 amide bonds. The topological polar surface area (TPSA) is 77.1 Å². The molecule has 31 heavy (non-hydrogen) atoms. The van der Waals surface area contributed by atoms with Crippen LogP contribution in [0.1, 0.15) is 43.8 Å². The van der Waals surface area contributed by atoms with E-state index < -0.39 is 0 Å². The standard InChI is InChI=1S/C22H25ClN6OS/c1-28-13-5-8-19(28)14-24-25-20(30)15-31-22-27-26-21(16-9-11-17(23)12-10-16)29(22)18-6-3-2-4-7-18/h5,8-14,18H,2-4,6-7,15H2,1H3,(H,25,30)/b24-14-. The molecule has 0 spiro atoms. The van der Waals surface area contributed by atoms with Gasteiger partial charge >= 0.3 is 0 Å². The van der Waals surface area contributed by atoms with Gasteiger partial charge in [-0.25, -0.2) is 5.43 Å². The second-order valence-corrected chi connectivity index (χ2v) is 8.98. The summed E-state index contributed by atoms with van der Waals surface area (Å²) < 4.78 is 4.13. The van der Waals surface area contributed by atoms with Crippen molar-refractivity contribution in [3.05, 3.63) is 53.3 Å². The molecule has 7 nitrogen and oxygen atoms in total. The largest absolute Gasteiger partial charge is 0.350 e. The molecule has 1 N–H and O–H groups in total. The van der Waals surface area contributed by atoms with Crippen LogP contribution < -0.4 is 5.43 Å². The number of aryl methyl sites for hydroxylation is 1. The third kappa shape index (κ3) is 5.37. The number of amides is 1. The predicted molar refractivity (Wildman–Crippen MR) is 124 cm³/mol. The first-order chi connectivity index (χ1) is 15.1. The van der Waals surface area contributed by atoms with Gasteiger partial charge in [0.05, 0.1) is 17.7 Å². The smallest absolute Gasteiger partial charge is 0.250 e. The summed E-state index contributed by atoms with van der Waals surface area (Å²) in [6.45, 7) is 0. The van der Waals surface area contributed by atoms with Crippen molar-refractivity contribution in [1.82, 2.24) is 24.8 Å². The summed E-state index contributed by atoms with van der Waals surface area (Å²) in [5, 5.41) is 14.4. The van der Waals surface area contributed by atoms with Crippen LogP contribution in [0.25, 0.3) is 11.4 Å². The number of hydrogen-bond donors (Lipinski definition) is 1. The number of thioether (sulfide) groups is 1. The van der Waals surface area contributed by atoms with Gasteiger partial charge in [-0.15, -0.1) is 10.2 Å². The number of nitrogens with one attached hydrogen (secondary N) is 1. The molecule has 1 saturated carbocycles. The second-order valence-electron chi connectivity index (χ2n) is 7.60. The van der Waals surface area contributed by atoms with Gasteiger partial charge in [0.1, 0.15) is 0 Å². The van der Waals surface area contributed by atoms with Gasteiger partial charge in [0.15, 0.2) is 11.0 Å². The highest BCUT2D eigenvalue weighted by Gasteiger charge is 2.24. The maximum atomic E-state index is 12.3.